The van der Waals surface area contributed by atoms with Crippen molar-refractivity contribution in [2.75, 3.05) is 31.6 Å². The van der Waals surface area contributed by atoms with Gasteiger partial charge in [0.25, 0.3) is 11.8 Å². The Kier molecular flexibility index (Phi) is 6.03. The van der Waals surface area contributed by atoms with Crippen LogP contribution in [-0.2, 0) is 4.74 Å². The van der Waals surface area contributed by atoms with Crippen molar-refractivity contribution in [1.82, 2.24) is 9.88 Å². The maximum Gasteiger partial charge on any atom is 0.257 e. The number of carbonyl (C=O) groups excluding carboxylic acids is 2. The molecule has 0 aliphatic carbocycles. The van der Waals surface area contributed by atoms with E-state index in [-0.39, 0.29) is 17.9 Å². The van der Waals surface area contributed by atoms with E-state index in [1.807, 2.05) is 13.8 Å². The standard InChI is InChI=1S/C20H23N3O4/c1-14(2)27-18-7-6-16(13-21-18)19(24)22-17-5-3-4-15(12-17)20(25)23-8-10-26-11-9-23/h3-7,12-14H,8-11H2,1-2H3,(H,22,24). The molecule has 1 aliphatic rings. The van der Waals surface area contributed by atoms with Crippen LogP contribution in [0.5, 0.6) is 5.88 Å². The summed E-state index contributed by atoms with van der Waals surface area (Å²) in [6.45, 7) is 6.07. The molecule has 0 radical (unpaired) electrons. The van der Waals surface area contributed by atoms with E-state index in [0.29, 0.717) is 49.0 Å². The summed E-state index contributed by atoms with van der Waals surface area (Å²) in [5.41, 5.74) is 1.51. The van der Waals surface area contributed by atoms with Gasteiger partial charge in [0.15, 0.2) is 0 Å². The molecule has 142 valence electrons. The van der Waals surface area contributed by atoms with Crippen LogP contribution in [0.25, 0.3) is 0 Å². The van der Waals surface area contributed by atoms with Crippen molar-refractivity contribution >= 4 is 17.5 Å². The highest BCUT2D eigenvalue weighted by Crippen LogP contribution is 2.16. The van der Waals surface area contributed by atoms with Gasteiger partial charge in [-0.05, 0) is 38.1 Å². The van der Waals surface area contributed by atoms with Crippen LogP contribution in [0.2, 0.25) is 0 Å². The molecular weight excluding hydrogens is 346 g/mol. The Morgan fingerprint density at radius 2 is 1.93 bits per heavy atom. The van der Waals surface area contributed by atoms with Gasteiger partial charge in [0.05, 0.1) is 24.9 Å². The normalized spacial score (nSPS) is 14.1. The number of nitrogens with zero attached hydrogens (tertiary/aromatic N) is 2. The Bertz CT molecular complexity index is 799. The molecule has 1 aromatic carbocycles. The lowest BCUT2D eigenvalue weighted by atomic mass is 10.1. The van der Waals surface area contributed by atoms with Crippen LogP contribution in [0.4, 0.5) is 5.69 Å². The fourth-order valence-corrected chi connectivity index (χ4v) is 2.71. The molecule has 0 spiro atoms. The molecule has 1 N–H and O–H groups in total. The smallest absolute Gasteiger partial charge is 0.257 e. The fraction of sp³-hybridized carbons (Fsp3) is 0.350. The first kappa shape index (κ1) is 18.8. The lowest BCUT2D eigenvalue weighted by molar-refractivity contribution is 0.0303. The highest BCUT2D eigenvalue weighted by Gasteiger charge is 2.19. The van der Waals surface area contributed by atoms with Crippen LogP contribution >= 0.6 is 0 Å². The molecule has 1 fully saturated rings. The third-order valence-corrected chi connectivity index (χ3v) is 4.02. The molecule has 2 heterocycles. The highest BCUT2D eigenvalue weighted by atomic mass is 16.5. The third-order valence-electron chi connectivity index (χ3n) is 4.02. The number of aromatic nitrogens is 1. The number of hydrogen-bond donors (Lipinski definition) is 1. The molecule has 27 heavy (non-hydrogen) atoms. The molecule has 0 bridgehead atoms. The fourth-order valence-electron chi connectivity index (χ4n) is 2.71. The van der Waals surface area contributed by atoms with Crippen molar-refractivity contribution in [3.05, 3.63) is 53.7 Å². The largest absolute Gasteiger partial charge is 0.475 e. The predicted octanol–water partition coefficient (Wildman–Crippen LogP) is 2.59. The van der Waals surface area contributed by atoms with Crippen LogP contribution in [0, 0.1) is 0 Å². The van der Waals surface area contributed by atoms with Crippen molar-refractivity contribution in [2.45, 2.75) is 20.0 Å². The highest BCUT2D eigenvalue weighted by molar-refractivity contribution is 6.05. The number of anilines is 1. The Labute approximate surface area is 158 Å². The summed E-state index contributed by atoms with van der Waals surface area (Å²) in [6.07, 6.45) is 1.49. The van der Waals surface area contributed by atoms with Crippen molar-refractivity contribution in [3.8, 4) is 5.88 Å². The van der Waals surface area contributed by atoms with E-state index >= 15 is 0 Å². The van der Waals surface area contributed by atoms with E-state index in [1.165, 1.54) is 6.20 Å². The average molecular weight is 369 g/mol. The molecule has 0 saturated carbocycles. The summed E-state index contributed by atoms with van der Waals surface area (Å²) < 4.78 is 10.7. The van der Waals surface area contributed by atoms with Crippen LogP contribution in [-0.4, -0.2) is 54.1 Å². The van der Waals surface area contributed by atoms with Gasteiger partial charge in [0.1, 0.15) is 0 Å². The summed E-state index contributed by atoms with van der Waals surface area (Å²) in [5, 5.41) is 2.80. The molecule has 0 unspecified atom stereocenters. The summed E-state index contributed by atoms with van der Waals surface area (Å²) in [7, 11) is 0. The Morgan fingerprint density at radius 1 is 1.15 bits per heavy atom. The van der Waals surface area contributed by atoms with E-state index in [1.54, 1.807) is 41.3 Å². The minimum Gasteiger partial charge on any atom is -0.475 e. The predicted molar refractivity (Wildman–Crippen MR) is 101 cm³/mol. The first-order chi connectivity index (χ1) is 13.0. The van der Waals surface area contributed by atoms with Gasteiger partial charge in [-0.3, -0.25) is 9.59 Å². The zero-order valence-corrected chi connectivity index (χ0v) is 15.5. The Balaban J connectivity index is 1.66. The third kappa shape index (κ3) is 5.04. The monoisotopic (exact) mass is 369 g/mol. The lowest BCUT2D eigenvalue weighted by Gasteiger charge is -2.27. The van der Waals surface area contributed by atoms with E-state index in [2.05, 4.69) is 10.3 Å². The summed E-state index contributed by atoms with van der Waals surface area (Å²) >= 11 is 0. The number of carbonyl (C=O) groups is 2. The van der Waals surface area contributed by atoms with Gasteiger partial charge in [-0.2, -0.15) is 0 Å². The van der Waals surface area contributed by atoms with Crippen LogP contribution in [0.1, 0.15) is 34.6 Å². The van der Waals surface area contributed by atoms with Crippen molar-refractivity contribution in [2.24, 2.45) is 0 Å². The molecule has 7 nitrogen and oxygen atoms in total. The van der Waals surface area contributed by atoms with Crippen LogP contribution < -0.4 is 10.1 Å². The molecular formula is C20H23N3O4. The van der Waals surface area contributed by atoms with Crippen molar-refractivity contribution < 1.29 is 19.1 Å². The molecule has 7 heteroatoms. The minimum absolute atomic E-state index is 0.0175. The topological polar surface area (TPSA) is 80.8 Å². The van der Waals surface area contributed by atoms with E-state index in [4.69, 9.17) is 9.47 Å². The number of benzene rings is 1. The van der Waals surface area contributed by atoms with Gasteiger partial charge < -0.3 is 19.7 Å². The molecule has 2 aromatic rings. The van der Waals surface area contributed by atoms with Gasteiger partial charge in [-0.1, -0.05) is 6.07 Å². The molecule has 1 aromatic heterocycles. The molecule has 2 amide bonds. The van der Waals surface area contributed by atoms with Crippen LogP contribution in [0.15, 0.2) is 42.6 Å². The SMILES string of the molecule is CC(C)Oc1ccc(C(=O)Nc2cccc(C(=O)N3CCOCC3)c2)cn1. The van der Waals surface area contributed by atoms with E-state index in [9.17, 15) is 9.59 Å². The summed E-state index contributed by atoms with van der Waals surface area (Å²) in [6, 6.07) is 10.2. The maximum absolute atomic E-state index is 12.6. The van der Waals surface area contributed by atoms with Gasteiger partial charge in [-0.25, -0.2) is 4.98 Å². The number of pyridine rings is 1. The first-order valence-corrected chi connectivity index (χ1v) is 8.94. The number of ether oxygens (including phenoxy) is 2. The second-order valence-electron chi connectivity index (χ2n) is 6.49. The van der Waals surface area contributed by atoms with E-state index in [0.717, 1.165) is 0 Å². The second-order valence-corrected chi connectivity index (χ2v) is 6.49. The molecule has 0 atom stereocenters. The number of hydrogen-bond acceptors (Lipinski definition) is 5. The molecule has 1 aliphatic heterocycles. The zero-order chi connectivity index (χ0) is 19.2. The first-order valence-electron chi connectivity index (χ1n) is 8.94. The number of nitrogens with one attached hydrogen (secondary N) is 1. The minimum atomic E-state index is -0.297. The van der Waals surface area contributed by atoms with Crippen molar-refractivity contribution in [3.63, 3.8) is 0 Å². The molecule has 3 rings (SSSR count). The lowest BCUT2D eigenvalue weighted by Crippen LogP contribution is -2.40. The molecule has 1 saturated heterocycles. The van der Waals surface area contributed by atoms with Gasteiger partial charge in [0.2, 0.25) is 5.88 Å². The van der Waals surface area contributed by atoms with Gasteiger partial charge in [-0.15, -0.1) is 0 Å². The summed E-state index contributed by atoms with van der Waals surface area (Å²) in [5.74, 6) is 0.112. The quantitative estimate of drug-likeness (QED) is 0.876. The average Bonchev–Trinajstić information content (AvgIpc) is 2.68. The number of morpholine rings is 1. The van der Waals surface area contributed by atoms with E-state index < -0.39 is 0 Å². The van der Waals surface area contributed by atoms with Gasteiger partial charge >= 0.3 is 0 Å². The maximum atomic E-state index is 12.6. The van der Waals surface area contributed by atoms with Crippen molar-refractivity contribution in [1.29, 1.82) is 0 Å². The summed E-state index contributed by atoms with van der Waals surface area (Å²) in [4.78, 5) is 30.9. The van der Waals surface area contributed by atoms with Gasteiger partial charge in [0, 0.05) is 36.6 Å². The Hall–Kier alpha value is -2.93. The zero-order valence-electron chi connectivity index (χ0n) is 15.5. The second kappa shape index (κ2) is 8.64. The Morgan fingerprint density at radius 3 is 2.59 bits per heavy atom. The number of amides is 2. The van der Waals surface area contributed by atoms with Crippen LogP contribution in [0.3, 0.4) is 0 Å². The number of rotatable bonds is 5.